The number of rotatable bonds is 6. The number of β-amino-alcohol motifs (C(OH)–C–C–N with tert-alkyl or cyclic N) is 1. The highest BCUT2D eigenvalue weighted by molar-refractivity contribution is 5.86. The number of anilines is 1. The number of likely N-dealkylation sites (tertiary alicyclic amines) is 1. The monoisotopic (exact) mass is 434 g/mol. The highest BCUT2D eigenvalue weighted by Gasteiger charge is 2.51. The number of hydrogen-bond acceptors (Lipinski definition) is 5. The molecular formula is C26H34N4O2. The van der Waals surface area contributed by atoms with Gasteiger partial charge in [0.2, 0.25) is 5.91 Å². The standard InChI is InChI=1S/C26H34N4O2/c1-20-25(32)29(14-3-13-28-15-10-26(8-9-26)24(31)19-28)16-17-30(20)23-5-2-4-22(18-23)21-6-11-27-12-7-21/h2,4-7,11-12,18,20,24,31H,3,8-10,13-17,19H2,1H3/t20?,24-/m1/s1. The average Bonchev–Trinajstić information content (AvgIpc) is 3.61. The molecule has 1 aromatic heterocycles. The van der Waals surface area contributed by atoms with Crippen LogP contribution in [0.5, 0.6) is 0 Å². The first-order valence-electron chi connectivity index (χ1n) is 12.0. The van der Waals surface area contributed by atoms with E-state index in [0.717, 1.165) is 68.9 Å². The maximum Gasteiger partial charge on any atom is 0.245 e. The number of aliphatic hydroxyl groups is 1. The Hall–Kier alpha value is -2.44. The molecule has 1 aromatic carbocycles. The van der Waals surface area contributed by atoms with E-state index in [0.29, 0.717) is 0 Å². The van der Waals surface area contributed by atoms with Gasteiger partial charge in [-0.2, -0.15) is 0 Å². The third-order valence-electron chi connectivity index (χ3n) is 7.80. The van der Waals surface area contributed by atoms with E-state index >= 15 is 0 Å². The van der Waals surface area contributed by atoms with Crippen molar-refractivity contribution in [2.45, 2.75) is 44.8 Å². The Morgan fingerprint density at radius 2 is 1.84 bits per heavy atom. The number of amides is 1. The van der Waals surface area contributed by atoms with Gasteiger partial charge in [-0.1, -0.05) is 12.1 Å². The van der Waals surface area contributed by atoms with Crippen LogP contribution in [0, 0.1) is 5.41 Å². The Morgan fingerprint density at radius 1 is 1.03 bits per heavy atom. The zero-order valence-corrected chi connectivity index (χ0v) is 19.0. The molecule has 1 amide bonds. The maximum atomic E-state index is 13.1. The van der Waals surface area contributed by atoms with Crippen LogP contribution in [0.25, 0.3) is 11.1 Å². The Bertz CT molecular complexity index is 946. The molecule has 6 heteroatoms. The van der Waals surface area contributed by atoms with Crippen LogP contribution >= 0.6 is 0 Å². The summed E-state index contributed by atoms with van der Waals surface area (Å²) in [6, 6.07) is 12.3. The van der Waals surface area contributed by atoms with Crippen LogP contribution in [0.15, 0.2) is 48.8 Å². The third-order valence-corrected chi connectivity index (χ3v) is 7.80. The second-order valence-electron chi connectivity index (χ2n) is 9.76. The highest BCUT2D eigenvalue weighted by atomic mass is 16.3. The molecule has 1 saturated carbocycles. The van der Waals surface area contributed by atoms with Gasteiger partial charge < -0.3 is 19.8 Å². The lowest BCUT2D eigenvalue weighted by Gasteiger charge is -2.41. The number of aliphatic hydroxyl groups excluding tert-OH is 1. The fourth-order valence-corrected chi connectivity index (χ4v) is 5.42. The minimum Gasteiger partial charge on any atom is -0.391 e. The molecule has 3 heterocycles. The predicted octanol–water partition coefficient (Wildman–Crippen LogP) is 3.02. The molecule has 170 valence electrons. The number of hydrogen-bond donors (Lipinski definition) is 1. The van der Waals surface area contributed by atoms with Gasteiger partial charge in [0, 0.05) is 44.3 Å². The van der Waals surface area contributed by atoms with Gasteiger partial charge in [-0.05, 0) is 86.5 Å². The lowest BCUT2D eigenvalue weighted by atomic mass is 9.90. The third kappa shape index (κ3) is 4.26. The van der Waals surface area contributed by atoms with Gasteiger partial charge in [0.05, 0.1) is 6.10 Å². The molecule has 1 unspecified atom stereocenters. The average molecular weight is 435 g/mol. The summed E-state index contributed by atoms with van der Waals surface area (Å²) in [5.41, 5.74) is 3.63. The van der Waals surface area contributed by atoms with Gasteiger partial charge in [0.15, 0.2) is 0 Å². The second kappa shape index (κ2) is 8.83. The molecule has 2 aliphatic heterocycles. The highest BCUT2D eigenvalue weighted by Crippen LogP contribution is 2.53. The molecule has 3 aliphatic rings. The minimum atomic E-state index is -0.164. The smallest absolute Gasteiger partial charge is 0.245 e. The van der Waals surface area contributed by atoms with Gasteiger partial charge in [-0.25, -0.2) is 0 Å². The molecular weight excluding hydrogens is 400 g/mol. The SMILES string of the molecule is CC1C(=O)N(CCCN2CCC3(CC3)[C@H](O)C2)CCN1c1cccc(-c2ccncc2)c1. The summed E-state index contributed by atoms with van der Waals surface area (Å²) in [5, 5.41) is 10.4. The van der Waals surface area contributed by atoms with Crippen molar-refractivity contribution >= 4 is 11.6 Å². The van der Waals surface area contributed by atoms with E-state index in [1.807, 2.05) is 36.4 Å². The van der Waals surface area contributed by atoms with Crippen LogP contribution in [-0.2, 0) is 4.79 Å². The van der Waals surface area contributed by atoms with E-state index in [9.17, 15) is 9.90 Å². The Morgan fingerprint density at radius 3 is 2.59 bits per heavy atom. The zero-order valence-electron chi connectivity index (χ0n) is 19.0. The summed E-state index contributed by atoms with van der Waals surface area (Å²) in [6.07, 6.45) is 7.94. The van der Waals surface area contributed by atoms with E-state index < -0.39 is 0 Å². The quantitative estimate of drug-likeness (QED) is 0.757. The first kappa shape index (κ1) is 21.4. The number of nitrogens with zero attached hydrogens (tertiary/aromatic N) is 4. The number of aromatic nitrogens is 1. The van der Waals surface area contributed by atoms with E-state index in [2.05, 4.69) is 39.0 Å². The van der Waals surface area contributed by atoms with Crippen molar-refractivity contribution in [2.75, 3.05) is 44.2 Å². The summed E-state index contributed by atoms with van der Waals surface area (Å²) in [5.74, 6) is 0.209. The number of carbonyl (C=O) groups excluding carboxylic acids is 1. The van der Waals surface area contributed by atoms with Crippen LogP contribution in [-0.4, -0.2) is 77.2 Å². The van der Waals surface area contributed by atoms with Crippen molar-refractivity contribution in [1.29, 1.82) is 0 Å². The molecule has 2 aromatic rings. The first-order valence-corrected chi connectivity index (χ1v) is 12.0. The molecule has 1 spiro atoms. The lowest BCUT2D eigenvalue weighted by molar-refractivity contribution is -0.134. The van der Waals surface area contributed by atoms with Crippen molar-refractivity contribution in [1.82, 2.24) is 14.8 Å². The largest absolute Gasteiger partial charge is 0.391 e. The van der Waals surface area contributed by atoms with Gasteiger partial charge in [-0.15, -0.1) is 0 Å². The Kier molecular flexibility index (Phi) is 5.91. The predicted molar refractivity (Wildman–Crippen MR) is 126 cm³/mol. The topological polar surface area (TPSA) is 59.9 Å². The molecule has 3 fully saturated rings. The summed E-state index contributed by atoms with van der Waals surface area (Å²) >= 11 is 0. The van der Waals surface area contributed by atoms with E-state index in [1.54, 1.807) is 0 Å². The van der Waals surface area contributed by atoms with Crippen LogP contribution < -0.4 is 4.90 Å². The number of pyridine rings is 1. The Labute approximate surface area is 190 Å². The number of benzene rings is 1. The molecule has 2 atom stereocenters. The van der Waals surface area contributed by atoms with Gasteiger partial charge in [0.1, 0.15) is 6.04 Å². The van der Waals surface area contributed by atoms with Gasteiger partial charge in [0.25, 0.3) is 0 Å². The molecule has 6 nitrogen and oxygen atoms in total. The van der Waals surface area contributed by atoms with Gasteiger partial charge >= 0.3 is 0 Å². The summed E-state index contributed by atoms with van der Waals surface area (Å²) in [7, 11) is 0. The molecule has 0 radical (unpaired) electrons. The van der Waals surface area contributed by atoms with Crippen molar-refractivity contribution in [2.24, 2.45) is 5.41 Å². The lowest BCUT2D eigenvalue weighted by Crippen LogP contribution is -2.56. The molecule has 1 aliphatic carbocycles. The van der Waals surface area contributed by atoms with Gasteiger partial charge in [-0.3, -0.25) is 9.78 Å². The van der Waals surface area contributed by atoms with Crippen LogP contribution in [0.1, 0.15) is 32.6 Å². The minimum absolute atomic E-state index is 0.163. The fraction of sp³-hybridized carbons (Fsp3) is 0.538. The molecule has 0 bridgehead atoms. The van der Waals surface area contributed by atoms with Crippen molar-refractivity contribution in [3.05, 3.63) is 48.8 Å². The second-order valence-corrected chi connectivity index (χ2v) is 9.76. The van der Waals surface area contributed by atoms with Crippen molar-refractivity contribution < 1.29 is 9.90 Å². The fourth-order valence-electron chi connectivity index (χ4n) is 5.42. The molecule has 2 saturated heterocycles. The van der Waals surface area contributed by atoms with Crippen LogP contribution in [0.3, 0.4) is 0 Å². The van der Waals surface area contributed by atoms with Crippen molar-refractivity contribution in [3.8, 4) is 11.1 Å². The van der Waals surface area contributed by atoms with E-state index in [1.165, 1.54) is 12.8 Å². The zero-order chi connectivity index (χ0) is 22.1. The first-order chi connectivity index (χ1) is 15.6. The van der Waals surface area contributed by atoms with E-state index in [4.69, 9.17) is 0 Å². The van der Waals surface area contributed by atoms with E-state index in [-0.39, 0.29) is 23.5 Å². The maximum absolute atomic E-state index is 13.1. The summed E-state index contributed by atoms with van der Waals surface area (Å²) in [6.45, 7) is 7.26. The van der Waals surface area contributed by atoms with Crippen LogP contribution in [0.4, 0.5) is 5.69 Å². The normalized spacial score (nSPS) is 25.4. The Balaban J connectivity index is 1.15. The molecule has 32 heavy (non-hydrogen) atoms. The summed E-state index contributed by atoms with van der Waals surface area (Å²) in [4.78, 5) is 23.8. The number of piperidine rings is 1. The number of piperazine rings is 1. The summed E-state index contributed by atoms with van der Waals surface area (Å²) < 4.78 is 0. The van der Waals surface area contributed by atoms with Crippen molar-refractivity contribution in [3.63, 3.8) is 0 Å². The molecule has 5 rings (SSSR count). The molecule has 1 N–H and O–H groups in total. The van der Waals surface area contributed by atoms with Crippen LogP contribution in [0.2, 0.25) is 0 Å². The number of carbonyl (C=O) groups is 1.